The first-order chi connectivity index (χ1) is 20.8. The number of aliphatic hydroxyl groups is 1. The summed E-state index contributed by atoms with van der Waals surface area (Å²) in [5.74, 6) is -1.86. The van der Waals surface area contributed by atoms with Crippen molar-refractivity contribution in [3.8, 4) is 5.75 Å². The van der Waals surface area contributed by atoms with Crippen LogP contribution in [-0.4, -0.2) is 60.7 Å². The second kappa shape index (κ2) is 16.1. The number of hydrogen-bond donors (Lipinski definition) is 4. The summed E-state index contributed by atoms with van der Waals surface area (Å²) in [5.41, 5.74) is 8.71. The Morgan fingerprint density at radius 1 is 1.02 bits per heavy atom. The van der Waals surface area contributed by atoms with Crippen molar-refractivity contribution >= 4 is 23.5 Å². The van der Waals surface area contributed by atoms with E-state index in [0.29, 0.717) is 47.2 Å². The minimum atomic E-state index is -1.16. The summed E-state index contributed by atoms with van der Waals surface area (Å²) in [7, 11) is 1.67. The maximum Gasteiger partial charge on any atom is 0.336 e. The quantitative estimate of drug-likeness (QED) is 0.181. The molecular weight excluding hydrogens is 584 g/mol. The van der Waals surface area contributed by atoms with E-state index in [9.17, 15) is 19.8 Å². The molecule has 3 atom stereocenters. The molecule has 1 aliphatic heterocycles. The van der Waals surface area contributed by atoms with Gasteiger partial charge >= 0.3 is 11.9 Å². The number of ether oxygens (including phenoxy) is 3. The van der Waals surface area contributed by atoms with Crippen LogP contribution in [-0.2, 0) is 25.5 Å². The third kappa shape index (κ3) is 9.56. The van der Waals surface area contributed by atoms with Gasteiger partial charge in [-0.25, -0.2) is 9.59 Å². The Bertz CT molecular complexity index is 1360. The highest BCUT2D eigenvalue weighted by Crippen LogP contribution is 2.41. The number of hydrogen-bond acceptors (Lipinski definition) is 8. The number of carbonyl (C=O) groups is 2. The van der Waals surface area contributed by atoms with Gasteiger partial charge in [-0.1, -0.05) is 55.8 Å². The van der Waals surface area contributed by atoms with Gasteiger partial charge in [0, 0.05) is 29.1 Å². The Morgan fingerprint density at radius 3 is 2.30 bits per heavy atom. The zero-order valence-corrected chi connectivity index (χ0v) is 26.9. The van der Waals surface area contributed by atoms with E-state index in [1.54, 1.807) is 45.2 Å². The molecule has 0 saturated carbocycles. The number of nitrogens with one attached hydrogen (secondary N) is 1. The van der Waals surface area contributed by atoms with Gasteiger partial charge in [0.2, 0.25) is 0 Å². The van der Waals surface area contributed by atoms with E-state index in [-0.39, 0.29) is 36.7 Å². The summed E-state index contributed by atoms with van der Waals surface area (Å²) >= 11 is 6.48. The molecule has 0 saturated heterocycles. The summed E-state index contributed by atoms with van der Waals surface area (Å²) in [6.45, 7) is 8.13. The normalized spacial score (nSPS) is 17.2. The fraction of sp³-hybridized carbons (Fsp3) is 0.471. The van der Waals surface area contributed by atoms with Crippen LogP contribution in [0.2, 0.25) is 5.02 Å². The van der Waals surface area contributed by atoms with Crippen molar-refractivity contribution < 1.29 is 34.0 Å². The Balaban J connectivity index is 1.68. The van der Waals surface area contributed by atoms with Gasteiger partial charge in [-0.05, 0) is 74.8 Å². The van der Waals surface area contributed by atoms with Crippen LogP contribution >= 0.6 is 11.6 Å². The fourth-order valence-electron chi connectivity index (χ4n) is 5.79. The van der Waals surface area contributed by atoms with Crippen LogP contribution < -0.4 is 15.8 Å². The predicted molar refractivity (Wildman–Crippen MR) is 170 cm³/mol. The average Bonchev–Trinajstić information content (AvgIpc) is 2.94. The van der Waals surface area contributed by atoms with Crippen LogP contribution in [0.25, 0.3) is 0 Å². The monoisotopic (exact) mass is 628 g/mol. The molecule has 0 fully saturated rings. The molecule has 240 valence electrons. The molecule has 0 amide bonds. The minimum absolute atomic E-state index is 0.0182. The molecule has 0 aromatic heterocycles. The van der Waals surface area contributed by atoms with Gasteiger partial charge in [0.05, 0.1) is 36.4 Å². The van der Waals surface area contributed by atoms with Crippen LogP contribution in [0.1, 0.15) is 64.0 Å². The molecule has 1 aliphatic rings. The van der Waals surface area contributed by atoms with Gasteiger partial charge in [-0.2, -0.15) is 0 Å². The average molecular weight is 629 g/mol. The molecule has 0 radical (unpaired) electrons. The number of aliphatic hydroxyl groups excluding tert-OH is 1. The number of dihydropyridines is 1. The van der Waals surface area contributed by atoms with Crippen molar-refractivity contribution in [1.29, 1.82) is 0 Å². The molecule has 44 heavy (non-hydrogen) atoms. The molecule has 0 spiro atoms. The van der Waals surface area contributed by atoms with Gasteiger partial charge in [0.15, 0.2) is 0 Å². The zero-order valence-electron chi connectivity index (χ0n) is 26.2. The number of halogens is 1. The van der Waals surface area contributed by atoms with Crippen LogP contribution in [0.15, 0.2) is 71.1 Å². The summed E-state index contributed by atoms with van der Waals surface area (Å²) in [5, 5.41) is 24.3. The molecule has 10 heteroatoms. The molecule has 3 unspecified atom stereocenters. The summed E-state index contributed by atoms with van der Waals surface area (Å²) < 4.78 is 16.7. The Labute approximate surface area is 265 Å². The first kappa shape index (κ1) is 35.1. The van der Waals surface area contributed by atoms with E-state index < -0.39 is 29.5 Å². The Morgan fingerprint density at radius 2 is 1.68 bits per heavy atom. The summed E-state index contributed by atoms with van der Waals surface area (Å²) in [4.78, 5) is 25.9. The standard InChI is InChI=1S/C34H45ClN2O7/c1-21(2)18-34(36,19-25(38)20-44-26-12-10-24(11-13-26)14-16-42-5)15-17-43-33(41)30-23(4)37-22(3)29(32(39)40)31(30)27-8-6-7-9-28(27)35/h6-13,21,25,31,37-38H,14-20,36H2,1-5H3,(H,39,40). The Kier molecular flexibility index (Phi) is 12.8. The number of rotatable bonds is 16. The molecule has 0 aliphatic carbocycles. The van der Waals surface area contributed by atoms with E-state index in [1.807, 2.05) is 38.1 Å². The number of benzene rings is 2. The number of carboxylic acid groups (broad SMARTS) is 1. The van der Waals surface area contributed by atoms with Crippen LogP contribution in [0.5, 0.6) is 5.75 Å². The number of aliphatic carboxylic acids is 1. The molecule has 2 aromatic carbocycles. The number of carbonyl (C=O) groups excluding carboxylic acids is 1. The van der Waals surface area contributed by atoms with Crippen molar-refractivity contribution in [3.05, 3.63) is 87.2 Å². The van der Waals surface area contributed by atoms with E-state index in [0.717, 1.165) is 12.0 Å². The van der Waals surface area contributed by atoms with E-state index in [4.69, 9.17) is 31.5 Å². The summed E-state index contributed by atoms with van der Waals surface area (Å²) in [6, 6.07) is 14.5. The zero-order chi connectivity index (χ0) is 32.4. The highest BCUT2D eigenvalue weighted by atomic mass is 35.5. The van der Waals surface area contributed by atoms with Crippen LogP contribution in [0.3, 0.4) is 0 Å². The second-order valence-corrected chi connectivity index (χ2v) is 12.3. The van der Waals surface area contributed by atoms with Crippen molar-refractivity contribution in [1.82, 2.24) is 5.32 Å². The Hall–Kier alpha value is -3.37. The minimum Gasteiger partial charge on any atom is -0.491 e. The predicted octanol–water partition coefficient (Wildman–Crippen LogP) is 5.36. The van der Waals surface area contributed by atoms with Gasteiger partial charge in [0.1, 0.15) is 12.4 Å². The van der Waals surface area contributed by atoms with E-state index in [2.05, 4.69) is 5.32 Å². The number of methoxy groups -OCH3 is 1. The lowest BCUT2D eigenvalue weighted by Crippen LogP contribution is -2.46. The molecule has 9 nitrogen and oxygen atoms in total. The third-order valence-electron chi connectivity index (χ3n) is 7.68. The third-order valence-corrected chi connectivity index (χ3v) is 8.02. The van der Waals surface area contributed by atoms with Gasteiger partial charge < -0.3 is 35.5 Å². The fourth-order valence-corrected chi connectivity index (χ4v) is 6.03. The van der Waals surface area contributed by atoms with Gasteiger partial charge in [0.25, 0.3) is 0 Å². The van der Waals surface area contributed by atoms with Crippen molar-refractivity contribution in [3.63, 3.8) is 0 Å². The first-order valence-corrected chi connectivity index (χ1v) is 15.2. The van der Waals surface area contributed by atoms with Crippen molar-refractivity contribution in [2.75, 3.05) is 26.9 Å². The lowest BCUT2D eigenvalue weighted by Gasteiger charge is -2.34. The van der Waals surface area contributed by atoms with Crippen molar-refractivity contribution in [2.45, 2.75) is 70.9 Å². The highest BCUT2D eigenvalue weighted by Gasteiger charge is 2.38. The number of esters is 1. The number of nitrogens with two attached hydrogens (primary N) is 1. The van der Waals surface area contributed by atoms with Gasteiger partial charge in [-0.15, -0.1) is 0 Å². The molecule has 5 N–H and O–H groups in total. The molecule has 2 aromatic rings. The van der Waals surface area contributed by atoms with Crippen LogP contribution in [0.4, 0.5) is 0 Å². The van der Waals surface area contributed by atoms with Crippen LogP contribution in [0, 0.1) is 5.92 Å². The number of carboxylic acids is 1. The first-order valence-electron chi connectivity index (χ1n) is 14.9. The largest absolute Gasteiger partial charge is 0.491 e. The van der Waals surface area contributed by atoms with Crippen molar-refractivity contribution in [2.24, 2.45) is 11.7 Å². The highest BCUT2D eigenvalue weighted by molar-refractivity contribution is 6.31. The lowest BCUT2D eigenvalue weighted by molar-refractivity contribution is -0.140. The summed E-state index contributed by atoms with van der Waals surface area (Å²) in [6.07, 6.45) is 1.09. The molecule has 3 rings (SSSR count). The van der Waals surface area contributed by atoms with E-state index in [1.165, 1.54) is 0 Å². The number of allylic oxidation sites excluding steroid dienone is 2. The lowest BCUT2D eigenvalue weighted by atomic mass is 9.80. The molecule has 1 heterocycles. The van der Waals surface area contributed by atoms with Gasteiger partial charge in [-0.3, -0.25) is 0 Å². The maximum atomic E-state index is 13.6. The topological polar surface area (TPSA) is 140 Å². The molecular formula is C34H45ClN2O7. The maximum absolute atomic E-state index is 13.6. The second-order valence-electron chi connectivity index (χ2n) is 11.9. The smallest absolute Gasteiger partial charge is 0.336 e. The van der Waals surface area contributed by atoms with E-state index >= 15 is 0 Å². The SMILES string of the molecule is COCCc1ccc(OCC(O)CC(N)(CCOC(=O)C2=C(C)NC(C)=C(C(=O)O)C2c2ccccc2Cl)CC(C)C)cc1. The molecule has 0 bridgehead atoms.